The van der Waals surface area contributed by atoms with E-state index in [4.69, 9.17) is 4.42 Å². The summed E-state index contributed by atoms with van der Waals surface area (Å²) in [6, 6.07) is 0. The van der Waals surface area contributed by atoms with Gasteiger partial charge >= 0.3 is 0 Å². The summed E-state index contributed by atoms with van der Waals surface area (Å²) in [6.45, 7) is 15.2. The summed E-state index contributed by atoms with van der Waals surface area (Å²) in [5.41, 5.74) is 1.48. The van der Waals surface area contributed by atoms with Crippen molar-refractivity contribution in [1.82, 2.24) is 4.98 Å². The largest absolute Gasteiger partial charge is 0.437 e. The molecular weight excluding hydrogens is 186 g/mol. The van der Waals surface area contributed by atoms with E-state index in [1.807, 2.05) is 39.8 Å². The normalized spacial score (nSPS) is 12.0. The van der Waals surface area contributed by atoms with Crippen LogP contribution in [0.4, 0.5) is 0 Å². The molecule has 15 heavy (non-hydrogen) atoms. The molecular formula is C13H19NO. The Bertz CT molecular complexity index is 438. The van der Waals surface area contributed by atoms with Gasteiger partial charge in [0, 0.05) is 5.57 Å². The second kappa shape index (κ2) is 6.82. The summed E-state index contributed by atoms with van der Waals surface area (Å²) in [5, 5.41) is 0.788. The molecule has 1 rings (SSSR count). The van der Waals surface area contributed by atoms with Crippen LogP contribution in [0.5, 0.6) is 0 Å². The van der Waals surface area contributed by atoms with E-state index < -0.39 is 0 Å². The van der Waals surface area contributed by atoms with Gasteiger partial charge in [0.2, 0.25) is 5.89 Å². The first kappa shape index (κ1) is 13.4. The third-order valence-electron chi connectivity index (χ3n) is 1.78. The fourth-order valence-corrected chi connectivity index (χ4v) is 1.04. The van der Waals surface area contributed by atoms with E-state index in [-0.39, 0.29) is 0 Å². The summed E-state index contributed by atoms with van der Waals surface area (Å²) >= 11 is 0. The zero-order chi connectivity index (χ0) is 11.8. The topological polar surface area (TPSA) is 26.0 Å². The maximum atomic E-state index is 5.36. The molecule has 0 saturated heterocycles. The van der Waals surface area contributed by atoms with Crippen molar-refractivity contribution in [2.75, 3.05) is 0 Å². The molecule has 0 fully saturated rings. The fourth-order valence-electron chi connectivity index (χ4n) is 1.04. The van der Waals surface area contributed by atoms with E-state index in [1.165, 1.54) is 0 Å². The molecule has 1 aromatic heterocycles. The van der Waals surface area contributed by atoms with Crippen molar-refractivity contribution < 1.29 is 4.42 Å². The molecule has 0 aliphatic carbocycles. The van der Waals surface area contributed by atoms with Crippen LogP contribution >= 0.6 is 0 Å². The van der Waals surface area contributed by atoms with Crippen LogP contribution in [-0.2, 0) is 0 Å². The van der Waals surface area contributed by atoms with E-state index in [2.05, 4.69) is 18.1 Å². The third-order valence-corrected chi connectivity index (χ3v) is 1.78. The van der Waals surface area contributed by atoms with E-state index in [1.54, 1.807) is 6.08 Å². The molecule has 0 amide bonds. The van der Waals surface area contributed by atoms with Gasteiger partial charge < -0.3 is 4.42 Å². The first-order chi connectivity index (χ1) is 7.22. The number of hydrogen-bond donors (Lipinski definition) is 0. The van der Waals surface area contributed by atoms with Gasteiger partial charge in [-0.25, -0.2) is 4.98 Å². The summed E-state index contributed by atoms with van der Waals surface area (Å²) in [6.07, 6.45) is 5.48. The maximum absolute atomic E-state index is 5.36. The molecule has 0 N–H and O–H groups in total. The van der Waals surface area contributed by atoms with Gasteiger partial charge in [0.05, 0.1) is 0 Å². The van der Waals surface area contributed by atoms with E-state index in [0.717, 1.165) is 10.9 Å². The molecule has 0 saturated carbocycles. The zero-order valence-electron chi connectivity index (χ0n) is 10.0. The predicted molar refractivity (Wildman–Crippen MR) is 66.6 cm³/mol. The van der Waals surface area contributed by atoms with Crippen molar-refractivity contribution >= 4 is 18.2 Å². The quantitative estimate of drug-likeness (QED) is 0.693. The van der Waals surface area contributed by atoms with E-state index >= 15 is 0 Å². The second-order valence-corrected chi connectivity index (χ2v) is 2.56. The number of rotatable bonds is 2. The van der Waals surface area contributed by atoms with Crippen LogP contribution in [0.2, 0.25) is 0 Å². The van der Waals surface area contributed by atoms with Crippen LogP contribution in [0.3, 0.4) is 0 Å². The minimum atomic E-state index is 0.579. The summed E-state index contributed by atoms with van der Waals surface area (Å²) in [5.74, 6) is 0.579. The number of allylic oxidation sites excluding steroid dienone is 3. The molecule has 0 aliphatic heterocycles. The molecule has 0 bridgehead atoms. The van der Waals surface area contributed by atoms with Crippen molar-refractivity contribution in [2.24, 2.45) is 0 Å². The van der Waals surface area contributed by atoms with Gasteiger partial charge in [0.1, 0.15) is 10.8 Å². The highest BCUT2D eigenvalue weighted by Crippen LogP contribution is 2.08. The van der Waals surface area contributed by atoms with E-state index in [0.29, 0.717) is 11.3 Å². The summed E-state index contributed by atoms with van der Waals surface area (Å²) in [7, 11) is 0. The Hall–Kier alpha value is -1.57. The minimum absolute atomic E-state index is 0.579. The number of nitrogens with zero attached hydrogens (tertiary/aromatic N) is 1. The van der Waals surface area contributed by atoms with Crippen molar-refractivity contribution in [2.45, 2.75) is 27.7 Å². The minimum Gasteiger partial charge on any atom is -0.437 e. The molecule has 1 heterocycles. The van der Waals surface area contributed by atoms with Crippen LogP contribution in [0.25, 0.3) is 18.2 Å². The molecule has 2 nitrogen and oxygen atoms in total. The predicted octanol–water partition coefficient (Wildman–Crippen LogP) is 2.50. The van der Waals surface area contributed by atoms with Crippen LogP contribution in [-0.4, -0.2) is 4.98 Å². The highest BCUT2D eigenvalue weighted by molar-refractivity contribution is 5.67. The average molecular weight is 205 g/mol. The molecule has 0 aliphatic rings. The molecule has 2 heteroatoms. The second-order valence-electron chi connectivity index (χ2n) is 2.56. The SMILES string of the molecule is C=C/C(=C\C)c1n/c(=C/C)c(=C)o1.CC. The Balaban J connectivity index is 0.000000921. The smallest absolute Gasteiger partial charge is 0.226 e. The lowest BCUT2D eigenvalue weighted by molar-refractivity contribution is 0.513. The number of aromatic nitrogens is 1. The Morgan fingerprint density at radius 1 is 1.33 bits per heavy atom. The van der Waals surface area contributed by atoms with Gasteiger partial charge in [-0.15, -0.1) is 0 Å². The van der Waals surface area contributed by atoms with Crippen molar-refractivity contribution in [3.63, 3.8) is 0 Å². The first-order valence-electron chi connectivity index (χ1n) is 5.14. The Morgan fingerprint density at radius 3 is 2.27 bits per heavy atom. The standard InChI is InChI=1S/C11H13NO.C2H6/c1-5-9(6-2)11-12-10(7-3)8(4)13-11;1-2/h5-7H,1,4H2,2-3H3;1-2H3/b9-6+,10-7+;. The number of hydrogen-bond acceptors (Lipinski definition) is 2. The molecule has 0 unspecified atom stereocenters. The van der Waals surface area contributed by atoms with Gasteiger partial charge in [-0.2, -0.15) is 0 Å². The zero-order valence-corrected chi connectivity index (χ0v) is 10.0. The Labute approximate surface area is 91.3 Å². The average Bonchev–Trinajstić information content (AvgIpc) is 2.64. The van der Waals surface area contributed by atoms with Crippen LogP contribution in [0.1, 0.15) is 33.6 Å². The Kier molecular flexibility index (Phi) is 6.11. The van der Waals surface area contributed by atoms with Gasteiger partial charge in [0.25, 0.3) is 0 Å². The van der Waals surface area contributed by atoms with Crippen molar-refractivity contribution in [3.8, 4) is 0 Å². The van der Waals surface area contributed by atoms with Gasteiger partial charge in [0.15, 0.2) is 0 Å². The molecule has 0 radical (unpaired) electrons. The number of oxazole rings is 1. The summed E-state index contributed by atoms with van der Waals surface area (Å²) in [4.78, 5) is 4.25. The fraction of sp³-hybridized carbons (Fsp3) is 0.308. The van der Waals surface area contributed by atoms with Crippen LogP contribution in [0, 0.1) is 0 Å². The molecule has 0 atom stereocenters. The lowest BCUT2D eigenvalue weighted by Crippen LogP contribution is -2.19. The van der Waals surface area contributed by atoms with Gasteiger partial charge in [-0.1, -0.05) is 45.2 Å². The van der Waals surface area contributed by atoms with Crippen molar-refractivity contribution in [3.05, 3.63) is 35.4 Å². The lowest BCUT2D eigenvalue weighted by atomic mass is 10.2. The third kappa shape index (κ3) is 3.24. The van der Waals surface area contributed by atoms with Gasteiger partial charge in [-0.3, -0.25) is 0 Å². The highest BCUT2D eigenvalue weighted by atomic mass is 16.3. The molecule has 82 valence electrons. The van der Waals surface area contributed by atoms with Crippen molar-refractivity contribution in [1.29, 1.82) is 0 Å². The lowest BCUT2D eigenvalue weighted by Gasteiger charge is -1.90. The highest BCUT2D eigenvalue weighted by Gasteiger charge is 2.02. The summed E-state index contributed by atoms with van der Waals surface area (Å²) < 4.78 is 5.36. The Morgan fingerprint density at radius 2 is 1.93 bits per heavy atom. The van der Waals surface area contributed by atoms with E-state index in [9.17, 15) is 0 Å². The molecule has 1 aromatic rings. The van der Waals surface area contributed by atoms with Gasteiger partial charge in [-0.05, 0) is 13.8 Å². The first-order valence-corrected chi connectivity index (χ1v) is 5.14. The maximum Gasteiger partial charge on any atom is 0.226 e. The monoisotopic (exact) mass is 205 g/mol. The van der Waals surface area contributed by atoms with Crippen LogP contribution < -0.4 is 10.8 Å². The van der Waals surface area contributed by atoms with Crippen LogP contribution in [0.15, 0.2) is 23.1 Å². The molecule has 0 aromatic carbocycles. The molecule has 0 spiro atoms.